The van der Waals surface area contributed by atoms with E-state index in [2.05, 4.69) is 13.0 Å². The molecule has 8 heteroatoms. The number of hydrogen-bond donors (Lipinski definition) is 0. The zero-order chi connectivity index (χ0) is 27.2. The van der Waals surface area contributed by atoms with Gasteiger partial charge in [-0.25, -0.2) is 18.2 Å². The van der Waals surface area contributed by atoms with Crippen LogP contribution in [0.5, 0.6) is 0 Å². The van der Waals surface area contributed by atoms with E-state index in [4.69, 9.17) is 16.6 Å². The molecule has 0 bridgehead atoms. The van der Waals surface area contributed by atoms with Crippen molar-refractivity contribution in [3.05, 3.63) is 111 Å². The summed E-state index contributed by atoms with van der Waals surface area (Å²) in [4.78, 5) is 16.5. The summed E-state index contributed by atoms with van der Waals surface area (Å²) < 4.78 is 45.5. The Morgan fingerprint density at radius 2 is 1.76 bits per heavy atom. The van der Waals surface area contributed by atoms with Crippen molar-refractivity contribution < 1.29 is 18.0 Å². The van der Waals surface area contributed by atoms with Crippen molar-refractivity contribution in [2.75, 3.05) is 0 Å². The summed E-state index contributed by atoms with van der Waals surface area (Å²) >= 11 is 7.54. The fraction of sp³-hybridized carbons (Fsp3) is 0.267. The van der Waals surface area contributed by atoms with Gasteiger partial charge in [-0.1, -0.05) is 35.5 Å². The van der Waals surface area contributed by atoms with Crippen LogP contribution >= 0.6 is 23.4 Å². The number of fused-ring (bicyclic) bond motifs is 1. The molecule has 3 nitrogen and oxygen atoms in total. The molecular formula is C30H26ClF3N2OS. The summed E-state index contributed by atoms with van der Waals surface area (Å²) in [6, 6.07) is 14.3. The van der Waals surface area contributed by atoms with E-state index in [1.165, 1.54) is 30.8 Å². The maximum Gasteiger partial charge on any atom is 0.173 e. The molecule has 3 aromatic carbocycles. The number of aryl methyl sites for hydroxylation is 2. The van der Waals surface area contributed by atoms with E-state index in [-0.39, 0.29) is 22.7 Å². The van der Waals surface area contributed by atoms with Crippen molar-refractivity contribution in [1.29, 1.82) is 0 Å². The van der Waals surface area contributed by atoms with Crippen molar-refractivity contribution in [3.63, 3.8) is 0 Å². The molecule has 1 unspecified atom stereocenters. The molecule has 1 aliphatic rings. The number of nitrogens with zero attached hydrogens (tertiary/aromatic N) is 2. The van der Waals surface area contributed by atoms with Gasteiger partial charge in [0.25, 0.3) is 0 Å². The zero-order valence-corrected chi connectivity index (χ0v) is 22.8. The number of carbonyl (C=O) groups excluding carboxylic acids is 1. The second kappa shape index (κ2) is 10.3. The van der Waals surface area contributed by atoms with Gasteiger partial charge < -0.3 is 0 Å². The summed E-state index contributed by atoms with van der Waals surface area (Å²) in [5.41, 5.74) is 4.13. The van der Waals surface area contributed by atoms with Crippen molar-refractivity contribution in [3.8, 4) is 5.69 Å². The monoisotopic (exact) mass is 554 g/mol. The van der Waals surface area contributed by atoms with Crippen molar-refractivity contribution in [2.24, 2.45) is 0 Å². The first-order valence-corrected chi connectivity index (χ1v) is 13.7. The van der Waals surface area contributed by atoms with Crippen LogP contribution in [-0.2, 0) is 17.6 Å². The normalized spacial score (nSPS) is 16.9. The third kappa shape index (κ3) is 4.78. The number of halogens is 4. The number of carbonyl (C=O) groups is 1. The van der Waals surface area contributed by atoms with Crippen LogP contribution in [0.1, 0.15) is 65.1 Å². The number of ketones is 1. The number of rotatable bonds is 6. The van der Waals surface area contributed by atoms with Crippen molar-refractivity contribution in [1.82, 2.24) is 9.55 Å². The highest BCUT2D eigenvalue weighted by atomic mass is 35.5. The van der Waals surface area contributed by atoms with Crippen molar-refractivity contribution >= 4 is 29.1 Å². The molecule has 1 aliphatic carbocycles. The molecule has 1 atom stereocenters. The topological polar surface area (TPSA) is 34.9 Å². The molecule has 5 rings (SSSR count). The van der Waals surface area contributed by atoms with E-state index in [9.17, 15) is 18.0 Å². The minimum absolute atomic E-state index is 0.00829. The Bertz CT molecular complexity index is 1530. The fourth-order valence-electron chi connectivity index (χ4n) is 5.19. The van der Waals surface area contributed by atoms with Gasteiger partial charge in [-0.05, 0) is 93.6 Å². The van der Waals surface area contributed by atoms with E-state index in [1.54, 1.807) is 12.1 Å². The highest BCUT2D eigenvalue weighted by Gasteiger charge is 2.39. The molecule has 1 aromatic heterocycles. The molecule has 1 heterocycles. The minimum Gasteiger partial charge on any atom is -0.295 e. The minimum atomic E-state index is -0.770. The van der Waals surface area contributed by atoms with Gasteiger partial charge in [-0.3, -0.25) is 9.36 Å². The average Bonchev–Trinajstić information content (AvgIpc) is 3.25. The first-order chi connectivity index (χ1) is 18.1. The van der Waals surface area contributed by atoms with Crippen LogP contribution in [0.15, 0.2) is 59.8 Å². The number of thioether (sulfide) groups is 1. The predicted molar refractivity (Wildman–Crippen MR) is 145 cm³/mol. The molecule has 0 fully saturated rings. The molecular weight excluding hydrogens is 529 g/mol. The van der Waals surface area contributed by atoms with Gasteiger partial charge in [-0.2, -0.15) is 0 Å². The van der Waals surface area contributed by atoms with E-state index in [0.717, 1.165) is 53.9 Å². The highest BCUT2D eigenvalue weighted by molar-refractivity contribution is 7.98. The van der Waals surface area contributed by atoms with Crippen LogP contribution in [0.3, 0.4) is 0 Å². The molecule has 0 saturated heterocycles. The van der Waals surface area contributed by atoms with Crippen LogP contribution in [0.4, 0.5) is 13.2 Å². The molecule has 0 saturated carbocycles. The Balaban J connectivity index is 1.63. The first kappa shape index (κ1) is 26.6. The lowest BCUT2D eigenvalue weighted by Crippen LogP contribution is -2.31. The molecule has 0 N–H and O–H groups in total. The predicted octanol–water partition coefficient (Wildman–Crippen LogP) is 8.39. The maximum atomic E-state index is 14.8. The molecule has 0 radical (unpaired) electrons. The van der Waals surface area contributed by atoms with Crippen LogP contribution in [0, 0.1) is 24.4 Å². The molecule has 4 aromatic rings. The lowest BCUT2D eigenvalue weighted by molar-refractivity contribution is 0.101. The average molecular weight is 555 g/mol. The summed E-state index contributed by atoms with van der Waals surface area (Å²) in [5.74, 6) is -2.33. The lowest BCUT2D eigenvalue weighted by Gasteiger charge is -2.36. The second-order valence-corrected chi connectivity index (χ2v) is 11.3. The van der Waals surface area contributed by atoms with Gasteiger partial charge in [0.2, 0.25) is 0 Å². The van der Waals surface area contributed by atoms with Gasteiger partial charge in [0, 0.05) is 33.0 Å². The fourth-order valence-corrected chi connectivity index (χ4v) is 6.35. The molecule has 38 heavy (non-hydrogen) atoms. The third-order valence-electron chi connectivity index (χ3n) is 7.30. The Morgan fingerprint density at radius 1 is 1.08 bits per heavy atom. The molecule has 196 valence electrons. The third-order valence-corrected chi connectivity index (χ3v) is 8.69. The summed E-state index contributed by atoms with van der Waals surface area (Å²) in [5, 5.41) is 1.26. The summed E-state index contributed by atoms with van der Waals surface area (Å²) in [7, 11) is 0. The molecule has 0 amide bonds. The van der Waals surface area contributed by atoms with Crippen LogP contribution in [0.2, 0.25) is 5.02 Å². The van der Waals surface area contributed by atoms with Crippen LogP contribution in [0.25, 0.3) is 5.69 Å². The standard InChI is InChI=1S/C30H26ClF3N2OS/c1-17-13-20(6-11-24(17)31)30(3)12-4-5-27-28(30)36(22-9-7-21(32)8-10-22)29(35-27)38-16-23-25(33)14-19(18(2)37)15-26(23)34/h6-11,13-15H,4-5,12,16H2,1-3H3. The van der Waals surface area contributed by atoms with Gasteiger partial charge in [-0.15, -0.1) is 0 Å². The van der Waals surface area contributed by atoms with E-state index in [1.807, 2.05) is 23.6 Å². The SMILES string of the molecule is CC(=O)c1cc(F)c(CSc2nc3c(n2-c2ccc(F)cc2)C(C)(c2ccc(Cl)c(C)c2)CCC3)c(F)c1. The van der Waals surface area contributed by atoms with Gasteiger partial charge in [0.1, 0.15) is 17.5 Å². The first-order valence-electron chi connectivity index (χ1n) is 12.3. The smallest absolute Gasteiger partial charge is 0.173 e. The van der Waals surface area contributed by atoms with E-state index in [0.29, 0.717) is 15.9 Å². The van der Waals surface area contributed by atoms with Crippen LogP contribution < -0.4 is 0 Å². The number of Topliss-reactive ketones (excluding diaryl/α,β-unsaturated/α-hetero) is 1. The Hall–Kier alpha value is -3.03. The van der Waals surface area contributed by atoms with Gasteiger partial charge in [0.15, 0.2) is 10.9 Å². The highest BCUT2D eigenvalue weighted by Crippen LogP contribution is 2.46. The number of hydrogen-bond acceptors (Lipinski definition) is 3. The lowest BCUT2D eigenvalue weighted by atomic mass is 9.71. The Labute approximate surface area is 229 Å². The van der Waals surface area contributed by atoms with Crippen LogP contribution in [-0.4, -0.2) is 15.3 Å². The van der Waals surface area contributed by atoms with Gasteiger partial charge in [0.05, 0.1) is 11.4 Å². The number of benzene rings is 3. The largest absolute Gasteiger partial charge is 0.295 e. The quantitative estimate of drug-likeness (QED) is 0.177. The number of imidazole rings is 1. The zero-order valence-electron chi connectivity index (χ0n) is 21.2. The number of aromatic nitrogens is 2. The summed E-state index contributed by atoms with van der Waals surface area (Å²) in [6.07, 6.45) is 2.55. The Kier molecular flexibility index (Phi) is 7.18. The second-order valence-electron chi connectivity index (χ2n) is 9.91. The maximum absolute atomic E-state index is 14.8. The summed E-state index contributed by atoms with van der Waals surface area (Å²) in [6.45, 7) is 5.41. The van der Waals surface area contributed by atoms with Crippen molar-refractivity contribution in [2.45, 2.75) is 56.4 Å². The Morgan fingerprint density at radius 3 is 2.39 bits per heavy atom. The molecule has 0 spiro atoms. The van der Waals surface area contributed by atoms with Gasteiger partial charge >= 0.3 is 0 Å². The van der Waals surface area contributed by atoms with E-state index < -0.39 is 22.8 Å². The van der Waals surface area contributed by atoms with E-state index >= 15 is 0 Å². The molecule has 0 aliphatic heterocycles.